The molecular formula is C15H26BrClN2. The number of alkyl halides is 1. The maximum atomic E-state index is 6.32. The van der Waals surface area contributed by atoms with Crippen molar-refractivity contribution in [3.8, 4) is 0 Å². The van der Waals surface area contributed by atoms with Gasteiger partial charge in [-0.1, -0.05) is 26.7 Å². The zero-order chi connectivity index (χ0) is 14.5. The summed E-state index contributed by atoms with van der Waals surface area (Å²) in [6.07, 6.45) is 5.81. The van der Waals surface area contributed by atoms with Gasteiger partial charge in [-0.3, -0.25) is 4.68 Å². The van der Waals surface area contributed by atoms with Gasteiger partial charge in [-0.2, -0.15) is 5.10 Å². The van der Waals surface area contributed by atoms with Crippen LogP contribution < -0.4 is 0 Å². The van der Waals surface area contributed by atoms with E-state index in [1.807, 2.05) is 0 Å². The Morgan fingerprint density at radius 3 is 2.47 bits per heavy atom. The fourth-order valence-electron chi connectivity index (χ4n) is 2.54. The van der Waals surface area contributed by atoms with Gasteiger partial charge in [0, 0.05) is 12.4 Å². The van der Waals surface area contributed by atoms with E-state index in [2.05, 4.69) is 53.4 Å². The van der Waals surface area contributed by atoms with Crippen LogP contribution in [0.15, 0.2) is 4.47 Å². The molecule has 0 aliphatic carbocycles. The maximum Gasteiger partial charge on any atom is 0.0738 e. The highest BCUT2D eigenvalue weighted by atomic mass is 79.9. The van der Waals surface area contributed by atoms with Gasteiger partial charge in [0.15, 0.2) is 0 Å². The van der Waals surface area contributed by atoms with Crippen LogP contribution in [-0.2, 0) is 13.0 Å². The number of unbranched alkanes of at least 4 members (excludes halogenated alkanes) is 1. The van der Waals surface area contributed by atoms with Gasteiger partial charge < -0.3 is 0 Å². The summed E-state index contributed by atoms with van der Waals surface area (Å²) in [6.45, 7) is 9.61. The first-order valence-corrected chi connectivity index (χ1v) is 8.64. The van der Waals surface area contributed by atoms with Gasteiger partial charge in [0.2, 0.25) is 0 Å². The summed E-state index contributed by atoms with van der Waals surface area (Å²) in [4.78, 5) is 0. The molecule has 0 N–H and O–H groups in total. The van der Waals surface area contributed by atoms with E-state index in [0.29, 0.717) is 0 Å². The van der Waals surface area contributed by atoms with Crippen LogP contribution in [0.4, 0.5) is 0 Å². The van der Waals surface area contributed by atoms with Crippen molar-refractivity contribution in [3.63, 3.8) is 0 Å². The molecule has 0 bridgehead atoms. The van der Waals surface area contributed by atoms with Crippen molar-refractivity contribution in [2.75, 3.05) is 5.88 Å². The van der Waals surface area contributed by atoms with E-state index >= 15 is 0 Å². The lowest BCUT2D eigenvalue weighted by Crippen LogP contribution is -2.27. The summed E-state index contributed by atoms with van der Waals surface area (Å²) >= 11 is 10.0. The average molecular weight is 350 g/mol. The average Bonchev–Trinajstić information content (AvgIpc) is 2.70. The Balaban J connectivity index is 3.02. The summed E-state index contributed by atoms with van der Waals surface area (Å²) in [7, 11) is 0. The first-order chi connectivity index (χ1) is 9.03. The topological polar surface area (TPSA) is 17.8 Å². The minimum atomic E-state index is 0.208. The zero-order valence-electron chi connectivity index (χ0n) is 12.6. The molecule has 1 heterocycles. The number of hydrogen-bond acceptors (Lipinski definition) is 1. The smallest absolute Gasteiger partial charge is 0.0738 e. The Morgan fingerprint density at radius 1 is 1.32 bits per heavy atom. The fourth-order valence-corrected chi connectivity index (χ4v) is 3.38. The third-order valence-corrected chi connectivity index (χ3v) is 5.69. The molecular weight excluding hydrogens is 324 g/mol. The molecule has 0 aromatic carbocycles. The van der Waals surface area contributed by atoms with Gasteiger partial charge in [0.1, 0.15) is 0 Å². The van der Waals surface area contributed by atoms with E-state index in [9.17, 15) is 0 Å². The molecule has 110 valence electrons. The van der Waals surface area contributed by atoms with Crippen LogP contribution >= 0.6 is 27.5 Å². The standard InChI is InChI=1S/C15H26BrClN2/c1-5-8-9-15(6-2,11-17)10-13-14(16)12(4)18-19(13)7-3/h5-11H2,1-4H3. The molecule has 1 aromatic heterocycles. The van der Waals surface area contributed by atoms with Crippen molar-refractivity contribution < 1.29 is 0 Å². The number of rotatable bonds is 8. The zero-order valence-corrected chi connectivity index (χ0v) is 14.9. The third kappa shape index (κ3) is 3.98. The van der Waals surface area contributed by atoms with Crippen LogP contribution in [0.2, 0.25) is 0 Å². The van der Waals surface area contributed by atoms with Crippen molar-refractivity contribution in [3.05, 3.63) is 15.9 Å². The molecule has 4 heteroatoms. The molecule has 0 saturated heterocycles. The van der Waals surface area contributed by atoms with E-state index in [1.54, 1.807) is 0 Å². The van der Waals surface area contributed by atoms with E-state index in [4.69, 9.17) is 11.6 Å². The van der Waals surface area contributed by atoms with E-state index < -0.39 is 0 Å². The van der Waals surface area contributed by atoms with Crippen molar-refractivity contribution in [1.82, 2.24) is 9.78 Å². The molecule has 1 atom stereocenters. The van der Waals surface area contributed by atoms with E-state index in [1.165, 1.54) is 25.0 Å². The second kappa shape index (κ2) is 7.68. The number of aromatic nitrogens is 2. The van der Waals surface area contributed by atoms with Gasteiger partial charge in [0.25, 0.3) is 0 Å². The van der Waals surface area contributed by atoms with Crippen LogP contribution in [-0.4, -0.2) is 15.7 Å². The second-order valence-corrected chi connectivity index (χ2v) is 6.49. The molecule has 1 unspecified atom stereocenters. The summed E-state index contributed by atoms with van der Waals surface area (Å²) < 4.78 is 3.27. The Kier molecular flexibility index (Phi) is 6.89. The first-order valence-electron chi connectivity index (χ1n) is 7.31. The molecule has 0 saturated carbocycles. The van der Waals surface area contributed by atoms with Crippen molar-refractivity contribution in [1.29, 1.82) is 0 Å². The van der Waals surface area contributed by atoms with Gasteiger partial charge >= 0.3 is 0 Å². The Hall–Kier alpha value is -0.0200. The molecule has 2 nitrogen and oxygen atoms in total. The van der Waals surface area contributed by atoms with E-state index in [-0.39, 0.29) is 5.41 Å². The van der Waals surface area contributed by atoms with Gasteiger partial charge in [-0.25, -0.2) is 0 Å². The largest absolute Gasteiger partial charge is 0.268 e. The Morgan fingerprint density at radius 2 is 2.00 bits per heavy atom. The lowest BCUT2D eigenvalue weighted by molar-refractivity contribution is 0.271. The monoisotopic (exact) mass is 348 g/mol. The minimum Gasteiger partial charge on any atom is -0.268 e. The van der Waals surface area contributed by atoms with Crippen molar-refractivity contribution in [2.45, 2.75) is 66.3 Å². The third-order valence-electron chi connectivity index (χ3n) is 4.09. The highest BCUT2D eigenvalue weighted by Gasteiger charge is 2.30. The van der Waals surface area contributed by atoms with Gasteiger partial charge in [0.05, 0.1) is 15.9 Å². The van der Waals surface area contributed by atoms with Crippen molar-refractivity contribution in [2.24, 2.45) is 5.41 Å². The molecule has 0 radical (unpaired) electrons. The van der Waals surface area contributed by atoms with Crippen LogP contribution in [0.5, 0.6) is 0 Å². The molecule has 0 fully saturated rings. The SMILES string of the molecule is CCCCC(CC)(CCl)Cc1c(Br)c(C)nn1CC. The quantitative estimate of drug-likeness (QED) is 0.579. The summed E-state index contributed by atoms with van der Waals surface area (Å²) in [5, 5.41) is 4.59. The first kappa shape index (κ1) is 17.0. The lowest BCUT2D eigenvalue weighted by atomic mass is 9.78. The second-order valence-electron chi connectivity index (χ2n) is 5.43. The van der Waals surface area contributed by atoms with Crippen LogP contribution in [0.1, 0.15) is 57.8 Å². The highest BCUT2D eigenvalue weighted by Crippen LogP contribution is 2.37. The Bertz CT molecular complexity index is 397. The predicted octanol–water partition coefficient (Wildman–Crippen LogP) is 5.34. The van der Waals surface area contributed by atoms with Crippen LogP contribution in [0.3, 0.4) is 0 Å². The molecule has 1 aromatic rings. The van der Waals surface area contributed by atoms with Gasteiger partial charge in [-0.15, -0.1) is 11.6 Å². The van der Waals surface area contributed by atoms with E-state index in [0.717, 1.165) is 35.4 Å². The summed E-state index contributed by atoms with van der Waals surface area (Å²) in [5.41, 5.74) is 2.59. The number of hydrogen-bond donors (Lipinski definition) is 0. The molecule has 0 aliphatic heterocycles. The molecule has 1 rings (SSSR count). The van der Waals surface area contributed by atoms with Crippen LogP contribution in [0.25, 0.3) is 0 Å². The molecule has 0 amide bonds. The molecule has 0 spiro atoms. The minimum absolute atomic E-state index is 0.208. The summed E-state index contributed by atoms with van der Waals surface area (Å²) in [5.74, 6) is 0.726. The van der Waals surface area contributed by atoms with Crippen LogP contribution in [0, 0.1) is 12.3 Å². The van der Waals surface area contributed by atoms with Gasteiger partial charge in [-0.05, 0) is 54.5 Å². The number of aryl methyl sites for hydroxylation is 2. The maximum absolute atomic E-state index is 6.32. The normalized spacial score (nSPS) is 14.6. The Labute approximate surface area is 131 Å². The summed E-state index contributed by atoms with van der Waals surface area (Å²) in [6, 6.07) is 0. The highest BCUT2D eigenvalue weighted by molar-refractivity contribution is 9.10. The molecule has 0 aliphatic rings. The lowest BCUT2D eigenvalue weighted by Gasteiger charge is -2.31. The predicted molar refractivity (Wildman–Crippen MR) is 87.0 cm³/mol. The number of halogens is 2. The fraction of sp³-hybridized carbons (Fsp3) is 0.800. The molecule has 19 heavy (non-hydrogen) atoms. The number of nitrogens with zero attached hydrogens (tertiary/aromatic N) is 2. The van der Waals surface area contributed by atoms with Crippen molar-refractivity contribution >= 4 is 27.5 Å².